The van der Waals surface area contributed by atoms with Crippen LogP contribution in [0.4, 0.5) is 10.5 Å². The number of carbonyl (C=O) groups excluding carboxylic acids is 4. The van der Waals surface area contributed by atoms with Crippen molar-refractivity contribution in [3.05, 3.63) is 23.2 Å². The van der Waals surface area contributed by atoms with E-state index in [2.05, 4.69) is 16.0 Å². The van der Waals surface area contributed by atoms with E-state index in [-0.39, 0.29) is 36.7 Å². The number of thioether (sulfide) groups is 1. The molecule has 4 rings (SSSR count). The van der Waals surface area contributed by atoms with Gasteiger partial charge in [-0.2, -0.15) is 0 Å². The number of nitrogens with zero attached hydrogens (tertiary/aromatic N) is 1. The molecule has 0 bridgehead atoms. The van der Waals surface area contributed by atoms with Crippen molar-refractivity contribution in [3.63, 3.8) is 0 Å². The van der Waals surface area contributed by atoms with Crippen LogP contribution < -0.4 is 16.0 Å². The summed E-state index contributed by atoms with van der Waals surface area (Å²) in [6.45, 7) is 0.591. The molecule has 2 fully saturated rings. The minimum absolute atomic E-state index is 0.0464. The summed E-state index contributed by atoms with van der Waals surface area (Å²) >= 11 is 7.28. The fourth-order valence-corrected chi connectivity index (χ4v) is 5.42. The van der Waals surface area contributed by atoms with Crippen LogP contribution in [0, 0.1) is 0 Å². The van der Waals surface area contributed by atoms with Gasteiger partial charge in [-0.05, 0) is 37.5 Å². The van der Waals surface area contributed by atoms with Gasteiger partial charge in [-0.3, -0.25) is 19.3 Å². The second kappa shape index (κ2) is 8.47. The van der Waals surface area contributed by atoms with E-state index in [0.717, 1.165) is 17.7 Å². The lowest BCUT2D eigenvalue weighted by Crippen LogP contribution is -2.44. The van der Waals surface area contributed by atoms with E-state index in [0.29, 0.717) is 36.5 Å². The zero-order valence-electron chi connectivity index (χ0n) is 16.3. The molecule has 2 aliphatic heterocycles. The number of fused-ring (bicyclic) bond motifs is 1. The monoisotopic (exact) mass is 450 g/mol. The highest BCUT2D eigenvalue weighted by Crippen LogP contribution is 2.38. The summed E-state index contributed by atoms with van der Waals surface area (Å²) in [5.74, 6) is -0.624. The molecule has 1 saturated heterocycles. The second-order valence-electron chi connectivity index (χ2n) is 7.82. The lowest BCUT2D eigenvalue weighted by atomic mass is 9.98. The second-order valence-corrected chi connectivity index (χ2v) is 9.50. The molecule has 1 aliphatic carbocycles. The zero-order valence-corrected chi connectivity index (χ0v) is 17.9. The molecule has 1 aromatic carbocycles. The van der Waals surface area contributed by atoms with Crippen molar-refractivity contribution < 1.29 is 19.2 Å². The van der Waals surface area contributed by atoms with Crippen LogP contribution in [-0.4, -0.2) is 52.5 Å². The number of rotatable bonds is 6. The largest absolute Gasteiger partial charge is 0.356 e. The molecule has 3 aliphatic rings. The van der Waals surface area contributed by atoms with Gasteiger partial charge in [0, 0.05) is 29.4 Å². The maximum atomic E-state index is 12.6. The maximum absolute atomic E-state index is 12.6. The van der Waals surface area contributed by atoms with Crippen molar-refractivity contribution in [1.82, 2.24) is 15.5 Å². The van der Waals surface area contributed by atoms with E-state index >= 15 is 0 Å². The Morgan fingerprint density at radius 1 is 1.27 bits per heavy atom. The molecule has 160 valence electrons. The molecule has 5 amide bonds. The van der Waals surface area contributed by atoms with Crippen molar-refractivity contribution in [1.29, 1.82) is 0 Å². The number of imide groups is 1. The summed E-state index contributed by atoms with van der Waals surface area (Å²) in [7, 11) is 0. The van der Waals surface area contributed by atoms with E-state index in [1.807, 2.05) is 6.07 Å². The summed E-state index contributed by atoms with van der Waals surface area (Å²) in [5, 5.41) is 8.42. The number of carbonyl (C=O) groups is 4. The highest BCUT2D eigenvalue weighted by atomic mass is 35.5. The number of hydrogen-bond donors (Lipinski definition) is 3. The maximum Gasteiger partial charge on any atom is 0.325 e. The molecule has 10 heteroatoms. The quantitative estimate of drug-likeness (QED) is 0.456. The Bertz CT molecular complexity index is 903. The van der Waals surface area contributed by atoms with E-state index in [9.17, 15) is 19.2 Å². The Kier molecular flexibility index (Phi) is 5.92. The topological polar surface area (TPSA) is 108 Å². The Balaban J connectivity index is 1.22. The van der Waals surface area contributed by atoms with Gasteiger partial charge in [0.2, 0.25) is 11.8 Å². The van der Waals surface area contributed by atoms with Crippen LogP contribution in [-0.2, 0) is 14.4 Å². The summed E-state index contributed by atoms with van der Waals surface area (Å²) in [4.78, 5) is 51.4. The average Bonchev–Trinajstić information content (AvgIpc) is 3.26. The predicted molar refractivity (Wildman–Crippen MR) is 113 cm³/mol. The Hall–Kier alpha value is -2.26. The number of amides is 5. The number of benzene rings is 1. The highest BCUT2D eigenvalue weighted by Gasteiger charge is 2.52. The number of halogens is 1. The van der Waals surface area contributed by atoms with Gasteiger partial charge in [-0.25, -0.2) is 4.79 Å². The normalized spacial score (nSPS) is 22.1. The molecule has 1 atom stereocenters. The number of hydrogen-bond acceptors (Lipinski definition) is 5. The Labute approximate surface area is 183 Å². The van der Waals surface area contributed by atoms with Crippen LogP contribution in [0.15, 0.2) is 23.1 Å². The molecular formula is C20H23ClN4O4S. The first-order valence-corrected chi connectivity index (χ1v) is 11.3. The van der Waals surface area contributed by atoms with Crippen molar-refractivity contribution >= 4 is 52.8 Å². The lowest BCUT2D eigenvalue weighted by Gasteiger charge is -2.24. The standard InChI is InChI=1S/C20H23ClN4O4S/c21-12-4-5-14-13(10-12)23-17(27)15(30-14)11-16(26)22-8-3-9-25-18(28)20(24-19(25)29)6-1-2-7-20/h4-5,10,15H,1-3,6-9,11H2,(H,22,26)(H,23,27)(H,24,29). The molecule has 0 radical (unpaired) electrons. The van der Waals surface area contributed by atoms with Crippen LogP contribution in [0.25, 0.3) is 0 Å². The minimum atomic E-state index is -0.702. The molecule has 1 unspecified atom stereocenters. The molecule has 1 spiro atoms. The van der Waals surface area contributed by atoms with Crippen LogP contribution in [0.1, 0.15) is 38.5 Å². The van der Waals surface area contributed by atoms with Gasteiger partial charge in [0.05, 0.1) is 10.9 Å². The number of urea groups is 1. The number of anilines is 1. The fourth-order valence-electron chi connectivity index (χ4n) is 4.16. The summed E-state index contributed by atoms with van der Waals surface area (Å²) in [5.41, 5.74) is -0.0466. The molecule has 0 aromatic heterocycles. The molecular weight excluding hydrogens is 428 g/mol. The number of nitrogens with one attached hydrogen (secondary N) is 3. The van der Waals surface area contributed by atoms with Crippen LogP contribution in [0.2, 0.25) is 5.02 Å². The van der Waals surface area contributed by atoms with Gasteiger partial charge < -0.3 is 16.0 Å². The van der Waals surface area contributed by atoms with Gasteiger partial charge >= 0.3 is 6.03 Å². The smallest absolute Gasteiger partial charge is 0.325 e. The van der Waals surface area contributed by atoms with Crippen molar-refractivity contribution in [3.8, 4) is 0 Å². The predicted octanol–water partition coefficient (Wildman–Crippen LogP) is 2.51. The molecule has 30 heavy (non-hydrogen) atoms. The van der Waals surface area contributed by atoms with E-state index in [1.54, 1.807) is 12.1 Å². The third-order valence-electron chi connectivity index (χ3n) is 5.72. The molecule has 8 nitrogen and oxygen atoms in total. The van der Waals surface area contributed by atoms with E-state index < -0.39 is 10.8 Å². The first kappa shape index (κ1) is 21.0. The summed E-state index contributed by atoms with van der Waals surface area (Å²) in [6, 6.07) is 4.90. The van der Waals surface area contributed by atoms with Crippen LogP contribution in [0.3, 0.4) is 0 Å². The molecule has 1 saturated carbocycles. The zero-order chi connectivity index (χ0) is 21.3. The molecule has 2 heterocycles. The third kappa shape index (κ3) is 4.13. The van der Waals surface area contributed by atoms with Crippen molar-refractivity contribution in [2.45, 2.75) is 54.2 Å². The van der Waals surface area contributed by atoms with Gasteiger partial charge in [0.15, 0.2) is 0 Å². The molecule has 1 aromatic rings. The minimum Gasteiger partial charge on any atom is -0.356 e. The van der Waals surface area contributed by atoms with Crippen molar-refractivity contribution in [2.75, 3.05) is 18.4 Å². The summed E-state index contributed by atoms with van der Waals surface area (Å²) < 4.78 is 0. The first-order valence-electron chi connectivity index (χ1n) is 10.1. The van der Waals surface area contributed by atoms with Gasteiger partial charge in [-0.15, -0.1) is 11.8 Å². The highest BCUT2D eigenvalue weighted by molar-refractivity contribution is 8.01. The van der Waals surface area contributed by atoms with Crippen molar-refractivity contribution in [2.24, 2.45) is 0 Å². The summed E-state index contributed by atoms with van der Waals surface area (Å²) in [6.07, 6.45) is 3.79. The van der Waals surface area contributed by atoms with E-state index in [4.69, 9.17) is 11.6 Å². The van der Waals surface area contributed by atoms with Crippen LogP contribution >= 0.6 is 23.4 Å². The lowest BCUT2D eigenvalue weighted by molar-refractivity contribution is -0.131. The Morgan fingerprint density at radius 2 is 2.03 bits per heavy atom. The van der Waals surface area contributed by atoms with E-state index in [1.165, 1.54) is 16.7 Å². The fraction of sp³-hybridized carbons (Fsp3) is 0.500. The third-order valence-corrected chi connectivity index (χ3v) is 7.23. The van der Waals surface area contributed by atoms with Crippen LogP contribution in [0.5, 0.6) is 0 Å². The van der Waals surface area contributed by atoms with Gasteiger partial charge in [-0.1, -0.05) is 24.4 Å². The van der Waals surface area contributed by atoms with Gasteiger partial charge in [0.25, 0.3) is 5.91 Å². The SMILES string of the molecule is O=C(CC1Sc2ccc(Cl)cc2NC1=O)NCCCN1C(=O)NC2(CCCC2)C1=O. The molecule has 3 N–H and O–H groups in total. The Morgan fingerprint density at radius 3 is 2.80 bits per heavy atom. The average molecular weight is 451 g/mol. The first-order chi connectivity index (χ1) is 14.4. The van der Waals surface area contributed by atoms with Gasteiger partial charge in [0.1, 0.15) is 5.54 Å².